The van der Waals surface area contributed by atoms with Crippen LogP contribution < -0.4 is 10.1 Å². The molecule has 0 unspecified atom stereocenters. The lowest BCUT2D eigenvalue weighted by molar-refractivity contribution is 0.306. The van der Waals surface area contributed by atoms with Gasteiger partial charge in [-0.05, 0) is 42.2 Å². The number of ether oxygens (including phenoxy) is 1. The average molecular weight is 322 g/mol. The van der Waals surface area contributed by atoms with Gasteiger partial charge in [-0.15, -0.1) is 0 Å². The molecule has 4 heteroatoms. The van der Waals surface area contributed by atoms with Crippen molar-refractivity contribution in [2.75, 3.05) is 0 Å². The fourth-order valence-electron chi connectivity index (χ4n) is 2.06. The summed E-state index contributed by atoms with van der Waals surface area (Å²) in [5, 5.41) is 4.65. The molecule has 3 rings (SSSR count). The number of hydrogen-bond donors (Lipinski definition) is 1. The number of nitrogens with one attached hydrogen (secondary N) is 1. The van der Waals surface area contributed by atoms with Crippen molar-refractivity contribution in [3.05, 3.63) is 63.6 Å². The lowest BCUT2D eigenvalue weighted by atomic mass is 10.1. The summed E-state index contributed by atoms with van der Waals surface area (Å²) >= 11 is 11.9. The van der Waals surface area contributed by atoms with E-state index in [4.69, 9.17) is 27.9 Å². The maximum absolute atomic E-state index is 6.08. The van der Waals surface area contributed by atoms with Crippen molar-refractivity contribution in [1.29, 1.82) is 0 Å². The molecule has 0 spiro atoms. The minimum absolute atomic E-state index is 0.498. The third-order valence-corrected chi connectivity index (χ3v) is 4.01. The minimum atomic E-state index is 0.498. The van der Waals surface area contributed by atoms with Crippen LogP contribution in [-0.4, -0.2) is 6.04 Å². The molecule has 0 aromatic heterocycles. The van der Waals surface area contributed by atoms with Crippen LogP contribution in [0.5, 0.6) is 5.75 Å². The number of halogens is 2. The highest BCUT2D eigenvalue weighted by molar-refractivity contribution is 6.35. The molecule has 2 aromatic carbocycles. The van der Waals surface area contributed by atoms with E-state index in [1.54, 1.807) is 18.2 Å². The smallest absolute Gasteiger partial charge is 0.138 e. The van der Waals surface area contributed by atoms with Gasteiger partial charge in [-0.3, -0.25) is 0 Å². The van der Waals surface area contributed by atoms with E-state index in [0.29, 0.717) is 22.4 Å². The summed E-state index contributed by atoms with van der Waals surface area (Å²) in [6.45, 7) is 1.44. The molecule has 0 heterocycles. The predicted molar refractivity (Wildman–Crippen MR) is 87.1 cm³/mol. The molecule has 2 nitrogen and oxygen atoms in total. The SMILES string of the molecule is Clc1ccc(OCc2ccc(CNC3CC3)cc2)c(Cl)c1. The highest BCUT2D eigenvalue weighted by atomic mass is 35.5. The molecule has 0 radical (unpaired) electrons. The average Bonchev–Trinajstić information content (AvgIpc) is 3.30. The van der Waals surface area contributed by atoms with E-state index in [-0.39, 0.29) is 0 Å². The quantitative estimate of drug-likeness (QED) is 0.823. The first kappa shape index (κ1) is 14.7. The van der Waals surface area contributed by atoms with Crippen LogP contribution in [0.25, 0.3) is 0 Å². The Morgan fingerprint density at radius 1 is 1.00 bits per heavy atom. The van der Waals surface area contributed by atoms with Crippen LogP contribution in [0.15, 0.2) is 42.5 Å². The molecule has 0 aliphatic heterocycles. The molecule has 110 valence electrons. The van der Waals surface area contributed by atoms with Crippen LogP contribution in [0.4, 0.5) is 0 Å². The van der Waals surface area contributed by atoms with Gasteiger partial charge in [0.15, 0.2) is 0 Å². The van der Waals surface area contributed by atoms with Crippen LogP contribution in [0.1, 0.15) is 24.0 Å². The Labute approximate surface area is 135 Å². The monoisotopic (exact) mass is 321 g/mol. The van der Waals surface area contributed by atoms with Crippen molar-refractivity contribution in [2.24, 2.45) is 0 Å². The molecule has 0 bridgehead atoms. The third-order valence-electron chi connectivity index (χ3n) is 3.48. The second-order valence-electron chi connectivity index (χ2n) is 5.34. The van der Waals surface area contributed by atoms with Crippen molar-refractivity contribution in [3.8, 4) is 5.75 Å². The normalized spacial score (nSPS) is 14.2. The lowest BCUT2D eigenvalue weighted by Crippen LogP contribution is -2.15. The first-order valence-electron chi connectivity index (χ1n) is 7.10. The predicted octanol–water partition coefficient (Wildman–Crippen LogP) is 4.82. The van der Waals surface area contributed by atoms with Crippen LogP contribution in [-0.2, 0) is 13.2 Å². The molecule has 1 N–H and O–H groups in total. The molecule has 1 aliphatic carbocycles. The Kier molecular flexibility index (Phi) is 4.69. The molecule has 1 aliphatic rings. The second-order valence-corrected chi connectivity index (χ2v) is 6.18. The van der Waals surface area contributed by atoms with Gasteiger partial charge in [-0.1, -0.05) is 47.5 Å². The van der Waals surface area contributed by atoms with Gasteiger partial charge in [0.2, 0.25) is 0 Å². The van der Waals surface area contributed by atoms with Crippen molar-refractivity contribution in [3.63, 3.8) is 0 Å². The summed E-state index contributed by atoms with van der Waals surface area (Å²) in [6, 6.07) is 14.4. The fourth-order valence-corrected chi connectivity index (χ4v) is 2.52. The Balaban J connectivity index is 1.54. The van der Waals surface area contributed by atoms with Crippen molar-refractivity contribution in [2.45, 2.75) is 32.0 Å². The largest absolute Gasteiger partial charge is 0.487 e. The highest BCUT2D eigenvalue weighted by Gasteiger charge is 2.19. The van der Waals surface area contributed by atoms with E-state index in [0.717, 1.165) is 18.2 Å². The zero-order valence-corrected chi connectivity index (χ0v) is 13.1. The van der Waals surface area contributed by atoms with Crippen molar-refractivity contribution < 1.29 is 4.74 Å². The maximum atomic E-state index is 6.08. The van der Waals surface area contributed by atoms with E-state index in [1.807, 2.05) is 0 Å². The van der Waals surface area contributed by atoms with E-state index in [9.17, 15) is 0 Å². The van der Waals surface area contributed by atoms with Gasteiger partial charge in [0.25, 0.3) is 0 Å². The van der Waals surface area contributed by atoms with Crippen LogP contribution in [0.3, 0.4) is 0 Å². The molecule has 21 heavy (non-hydrogen) atoms. The van der Waals surface area contributed by atoms with E-state index >= 15 is 0 Å². The lowest BCUT2D eigenvalue weighted by Gasteiger charge is -2.09. The first-order chi connectivity index (χ1) is 10.2. The van der Waals surface area contributed by atoms with Crippen LogP contribution in [0, 0.1) is 0 Å². The summed E-state index contributed by atoms with van der Waals surface area (Å²) in [4.78, 5) is 0. The van der Waals surface area contributed by atoms with Gasteiger partial charge in [-0.25, -0.2) is 0 Å². The Bertz CT molecular complexity index is 609. The van der Waals surface area contributed by atoms with Gasteiger partial charge in [0.1, 0.15) is 12.4 Å². The Hall–Kier alpha value is -1.22. The number of benzene rings is 2. The molecular formula is C17H17Cl2NO. The third kappa shape index (κ3) is 4.37. The van der Waals surface area contributed by atoms with Gasteiger partial charge in [-0.2, -0.15) is 0 Å². The van der Waals surface area contributed by atoms with Crippen LogP contribution >= 0.6 is 23.2 Å². The molecule has 0 atom stereocenters. The summed E-state index contributed by atoms with van der Waals surface area (Å²) in [5.74, 6) is 0.653. The van der Waals surface area contributed by atoms with Gasteiger partial charge in [0.05, 0.1) is 5.02 Å². The van der Waals surface area contributed by atoms with E-state index in [2.05, 4.69) is 29.6 Å². The van der Waals surface area contributed by atoms with Gasteiger partial charge >= 0.3 is 0 Å². The molecule has 1 saturated carbocycles. The topological polar surface area (TPSA) is 21.3 Å². The maximum Gasteiger partial charge on any atom is 0.138 e. The second kappa shape index (κ2) is 6.69. The van der Waals surface area contributed by atoms with Crippen molar-refractivity contribution in [1.82, 2.24) is 5.32 Å². The van der Waals surface area contributed by atoms with Gasteiger partial charge < -0.3 is 10.1 Å². The van der Waals surface area contributed by atoms with Crippen LogP contribution in [0.2, 0.25) is 10.0 Å². The molecule has 0 amide bonds. The summed E-state index contributed by atoms with van der Waals surface area (Å²) in [5.41, 5.74) is 2.42. The molecule has 2 aromatic rings. The summed E-state index contributed by atoms with van der Waals surface area (Å²) < 4.78 is 5.72. The molecule has 0 saturated heterocycles. The van der Waals surface area contributed by atoms with Crippen molar-refractivity contribution >= 4 is 23.2 Å². The zero-order valence-electron chi connectivity index (χ0n) is 11.6. The number of rotatable bonds is 6. The highest BCUT2D eigenvalue weighted by Crippen LogP contribution is 2.28. The van der Waals surface area contributed by atoms with Gasteiger partial charge in [0, 0.05) is 17.6 Å². The first-order valence-corrected chi connectivity index (χ1v) is 7.85. The van der Waals surface area contributed by atoms with E-state index < -0.39 is 0 Å². The minimum Gasteiger partial charge on any atom is -0.487 e. The van der Waals surface area contributed by atoms with E-state index in [1.165, 1.54) is 18.4 Å². The number of hydrogen-bond acceptors (Lipinski definition) is 2. The standard InChI is InChI=1S/C17H17Cl2NO/c18-14-5-8-17(16(19)9-14)21-11-13-3-1-12(2-4-13)10-20-15-6-7-15/h1-5,8-9,15,20H,6-7,10-11H2. The molecular weight excluding hydrogens is 305 g/mol. The summed E-state index contributed by atoms with van der Waals surface area (Å²) in [7, 11) is 0. The zero-order chi connectivity index (χ0) is 14.7. The summed E-state index contributed by atoms with van der Waals surface area (Å²) in [6.07, 6.45) is 2.63. The Morgan fingerprint density at radius 3 is 2.38 bits per heavy atom. The molecule has 1 fully saturated rings. The fraction of sp³-hybridized carbons (Fsp3) is 0.294. The Morgan fingerprint density at radius 2 is 1.71 bits per heavy atom.